The van der Waals surface area contributed by atoms with Crippen molar-refractivity contribution in [2.24, 2.45) is 5.92 Å². The van der Waals surface area contributed by atoms with E-state index in [1.54, 1.807) is 0 Å². The molecule has 0 saturated carbocycles. The van der Waals surface area contributed by atoms with Crippen molar-refractivity contribution in [3.8, 4) is 0 Å². The summed E-state index contributed by atoms with van der Waals surface area (Å²) in [7, 11) is 0. The van der Waals surface area contributed by atoms with Crippen molar-refractivity contribution in [1.29, 1.82) is 0 Å². The molecule has 98 valence electrons. The van der Waals surface area contributed by atoms with Crippen LogP contribution in [0.25, 0.3) is 0 Å². The second-order valence-electron chi connectivity index (χ2n) is 5.39. The van der Waals surface area contributed by atoms with Gasteiger partial charge in [-0.2, -0.15) is 0 Å². The molecule has 1 aromatic rings. The van der Waals surface area contributed by atoms with E-state index in [2.05, 4.69) is 16.5 Å². The third-order valence-corrected chi connectivity index (χ3v) is 3.97. The van der Waals surface area contributed by atoms with Crippen molar-refractivity contribution in [2.45, 2.75) is 38.6 Å². The lowest BCUT2D eigenvalue weighted by Gasteiger charge is -2.23. The van der Waals surface area contributed by atoms with Gasteiger partial charge in [0.15, 0.2) is 5.69 Å². The zero-order valence-electron chi connectivity index (χ0n) is 10.6. The predicted octanol–water partition coefficient (Wildman–Crippen LogP) is 1.67. The fourth-order valence-electron chi connectivity index (χ4n) is 2.97. The number of fused-ring (bicyclic) bond motifs is 1. The van der Waals surface area contributed by atoms with Crippen molar-refractivity contribution in [3.63, 3.8) is 0 Å². The highest BCUT2D eigenvalue weighted by atomic mass is 16.5. The maximum absolute atomic E-state index is 11.3. The standard InChI is InChI=1S/C13H18N2O3/c1-8-2-3-10-11(13(16)17)14-12(15(10)6-8)9-4-5-18-7-9/h8-9H,2-7H2,1H3,(H,16,17). The molecular formula is C13H18N2O3. The van der Waals surface area contributed by atoms with Crippen molar-refractivity contribution in [1.82, 2.24) is 9.55 Å². The molecule has 0 spiro atoms. The minimum absolute atomic E-state index is 0.254. The summed E-state index contributed by atoms with van der Waals surface area (Å²) in [4.78, 5) is 15.7. The zero-order chi connectivity index (χ0) is 12.7. The van der Waals surface area contributed by atoms with E-state index < -0.39 is 5.97 Å². The van der Waals surface area contributed by atoms with E-state index in [1.165, 1.54) is 0 Å². The smallest absolute Gasteiger partial charge is 0.356 e. The molecule has 2 unspecified atom stereocenters. The van der Waals surface area contributed by atoms with Crippen LogP contribution in [0.15, 0.2) is 0 Å². The van der Waals surface area contributed by atoms with Crippen LogP contribution in [0.3, 0.4) is 0 Å². The molecule has 1 saturated heterocycles. The van der Waals surface area contributed by atoms with Crippen LogP contribution in [0.5, 0.6) is 0 Å². The van der Waals surface area contributed by atoms with Gasteiger partial charge >= 0.3 is 5.97 Å². The number of carbonyl (C=O) groups is 1. The first kappa shape index (κ1) is 11.7. The van der Waals surface area contributed by atoms with Crippen LogP contribution < -0.4 is 0 Å². The Labute approximate surface area is 106 Å². The quantitative estimate of drug-likeness (QED) is 0.867. The number of imidazole rings is 1. The van der Waals surface area contributed by atoms with Crippen LogP contribution in [-0.4, -0.2) is 33.8 Å². The number of aromatic carboxylic acids is 1. The average molecular weight is 250 g/mol. The topological polar surface area (TPSA) is 64.3 Å². The van der Waals surface area contributed by atoms with Gasteiger partial charge in [-0.05, 0) is 25.2 Å². The zero-order valence-corrected chi connectivity index (χ0v) is 10.6. The Bertz CT molecular complexity index is 475. The molecule has 2 aliphatic heterocycles. The summed E-state index contributed by atoms with van der Waals surface area (Å²) in [6.45, 7) is 4.52. The second kappa shape index (κ2) is 4.39. The number of nitrogens with zero attached hydrogens (tertiary/aromatic N) is 2. The molecule has 18 heavy (non-hydrogen) atoms. The maximum Gasteiger partial charge on any atom is 0.356 e. The number of carboxylic acid groups (broad SMARTS) is 1. The Hall–Kier alpha value is -1.36. The molecule has 2 atom stereocenters. The molecule has 3 rings (SSSR count). The monoisotopic (exact) mass is 250 g/mol. The fourth-order valence-corrected chi connectivity index (χ4v) is 2.97. The van der Waals surface area contributed by atoms with Crippen molar-refractivity contribution in [3.05, 3.63) is 17.2 Å². The van der Waals surface area contributed by atoms with Gasteiger partial charge in [0.25, 0.3) is 0 Å². The van der Waals surface area contributed by atoms with Crippen LogP contribution in [0, 0.1) is 5.92 Å². The number of rotatable bonds is 2. The van der Waals surface area contributed by atoms with Crippen molar-refractivity contribution in [2.75, 3.05) is 13.2 Å². The largest absolute Gasteiger partial charge is 0.476 e. The second-order valence-corrected chi connectivity index (χ2v) is 5.39. The highest BCUT2D eigenvalue weighted by Crippen LogP contribution is 2.31. The summed E-state index contributed by atoms with van der Waals surface area (Å²) in [6.07, 6.45) is 2.82. The van der Waals surface area contributed by atoms with E-state index in [4.69, 9.17) is 4.74 Å². The van der Waals surface area contributed by atoms with Crippen molar-refractivity contribution < 1.29 is 14.6 Å². The summed E-state index contributed by atoms with van der Waals surface area (Å²) < 4.78 is 7.53. The van der Waals surface area contributed by atoms with Gasteiger partial charge in [-0.3, -0.25) is 0 Å². The SMILES string of the molecule is CC1CCc2c(C(=O)O)nc(C3CCOC3)n2C1. The molecule has 0 aliphatic carbocycles. The third-order valence-electron chi connectivity index (χ3n) is 3.97. The molecular weight excluding hydrogens is 232 g/mol. The van der Waals surface area contributed by atoms with Crippen LogP contribution in [0.1, 0.15) is 47.7 Å². The minimum atomic E-state index is -0.904. The Balaban J connectivity index is 2.05. The van der Waals surface area contributed by atoms with E-state index in [1.807, 2.05) is 0 Å². The molecule has 2 aliphatic rings. The Morgan fingerprint density at radius 3 is 3.00 bits per heavy atom. The van der Waals surface area contributed by atoms with Gasteiger partial charge in [0.05, 0.1) is 12.3 Å². The summed E-state index contributed by atoms with van der Waals surface area (Å²) in [6, 6.07) is 0. The van der Waals surface area contributed by atoms with E-state index in [0.29, 0.717) is 12.5 Å². The summed E-state index contributed by atoms with van der Waals surface area (Å²) >= 11 is 0. The predicted molar refractivity (Wildman–Crippen MR) is 64.8 cm³/mol. The average Bonchev–Trinajstić information content (AvgIpc) is 2.93. The molecule has 0 bridgehead atoms. The van der Waals surface area contributed by atoms with Gasteiger partial charge < -0.3 is 14.4 Å². The molecule has 5 heteroatoms. The summed E-state index contributed by atoms with van der Waals surface area (Å²) in [5.74, 6) is 0.876. The fraction of sp³-hybridized carbons (Fsp3) is 0.692. The van der Waals surface area contributed by atoms with E-state index in [0.717, 1.165) is 43.9 Å². The molecule has 5 nitrogen and oxygen atoms in total. The van der Waals surface area contributed by atoms with Gasteiger partial charge in [-0.25, -0.2) is 9.78 Å². The van der Waals surface area contributed by atoms with Crippen LogP contribution in [0.2, 0.25) is 0 Å². The molecule has 1 aromatic heterocycles. The number of hydrogen-bond acceptors (Lipinski definition) is 3. The maximum atomic E-state index is 11.3. The first-order valence-electron chi connectivity index (χ1n) is 6.57. The third kappa shape index (κ3) is 1.82. The molecule has 1 N–H and O–H groups in total. The first-order chi connectivity index (χ1) is 8.66. The summed E-state index contributed by atoms with van der Waals surface area (Å²) in [5.41, 5.74) is 1.16. The van der Waals surface area contributed by atoms with Gasteiger partial charge in [-0.15, -0.1) is 0 Å². The first-order valence-corrected chi connectivity index (χ1v) is 6.57. The van der Waals surface area contributed by atoms with Crippen LogP contribution >= 0.6 is 0 Å². The number of hydrogen-bond donors (Lipinski definition) is 1. The summed E-state index contributed by atoms with van der Waals surface area (Å²) in [5, 5.41) is 9.26. The lowest BCUT2D eigenvalue weighted by Crippen LogP contribution is -2.21. The molecule has 0 radical (unpaired) electrons. The minimum Gasteiger partial charge on any atom is -0.476 e. The number of ether oxygens (including phenoxy) is 1. The normalized spacial score (nSPS) is 27.2. The Morgan fingerprint density at radius 1 is 1.50 bits per heavy atom. The highest BCUT2D eigenvalue weighted by Gasteiger charge is 2.31. The molecule has 0 aromatic carbocycles. The van der Waals surface area contributed by atoms with E-state index in [9.17, 15) is 9.90 Å². The van der Waals surface area contributed by atoms with Crippen LogP contribution in [-0.2, 0) is 17.7 Å². The van der Waals surface area contributed by atoms with Gasteiger partial charge in [0.1, 0.15) is 5.82 Å². The Morgan fingerprint density at radius 2 is 2.33 bits per heavy atom. The number of carboxylic acids is 1. The lowest BCUT2D eigenvalue weighted by molar-refractivity contribution is 0.0689. The highest BCUT2D eigenvalue weighted by molar-refractivity contribution is 5.87. The van der Waals surface area contributed by atoms with E-state index in [-0.39, 0.29) is 11.6 Å². The van der Waals surface area contributed by atoms with Gasteiger partial charge in [0, 0.05) is 19.1 Å². The van der Waals surface area contributed by atoms with E-state index >= 15 is 0 Å². The van der Waals surface area contributed by atoms with Gasteiger partial charge in [-0.1, -0.05) is 6.92 Å². The molecule has 3 heterocycles. The number of aromatic nitrogens is 2. The van der Waals surface area contributed by atoms with Crippen molar-refractivity contribution >= 4 is 5.97 Å². The Kier molecular flexibility index (Phi) is 2.86. The van der Waals surface area contributed by atoms with Gasteiger partial charge in [0.2, 0.25) is 0 Å². The lowest BCUT2D eigenvalue weighted by atomic mass is 9.98. The van der Waals surface area contributed by atoms with Crippen LogP contribution in [0.4, 0.5) is 0 Å². The molecule has 1 fully saturated rings. The molecule has 0 amide bonds.